The summed E-state index contributed by atoms with van der Waals surface area (Å²) in [7, 11) is 1.11. The maximum atomic E-state index is 13.3. The molecule has 1 aromatic carbocycles. The van der Waals surface area contributed by atoms with Crippen LogP contribution in [0.1, 0.15) is 18.9 Å². The third kappa shape index (κ3) is 8.50. The van der Waals surface area contributed by atoms with E-state index in [1.165, 1.54) is 18.2 Å². The fourth-order valence-corrected chi connectivity index (χ4v) is 5.58. The van der Waals surface area contributed by atoms with E-state index in [2.05, 4.69) is 0 Å². The minimum absolute atomic E-state index is 0.0483. The number of hydrogen-bond acceptors (Lipinski definition) is 17. The zero-order valence-electron chi connectivity index (χ0n) is 26.2. The molecule has 4 rings (SSSR count). The number of ether oxygens (including phenoxy) is 7. The molecular weight excluding hydrogens is 644 g/mol. The Labute approximate surface area is 275 Å². The van der Waals surface area contributed by atoms with Gasteiger partial charge in [-0.15, -0.1) is 0 Å². The fraction of sp³-hybridized carbons (Fsp3) is 0.613. The number of esters is 2. The van der Waals surface area contributed by atoms with Crippen LogP contribution in [-0.2, 0) is 49.2 Å². The lowest BCUT2D eigenvalue weighted by Crippen LogP contribution is -2.60. The Hall–Kier alpha value is -3.20. The molecule has 0 saturated carbocycles. The van der Waals surface area contributed by atoms with Gasteiger partial charge in [-0.25, -0.2) is 4.79 Å². The van der Waals surface area contributed by atoms with Crippen LogP contribution in [0.25, 0.3) is 0 Å². The Bertz CT molecular complexity index is 1280. The molecular formula is C31H42O17. The molecule has 48 heavy (non-hydrogen) atoms. The summed E-state index contributed by atoms with van der Waals surface area (Å²) in [6.07, 6.45) is -14.8. The second kappa shape index (κ2) is 17.0. The van der Waals surface area contributed by atoms with Crippen LogP contribution in [0.3, 0.4) is 0 Å². The molecule has 3 aliphatic rings. The molecule has 1 aromatic rings. The van der Waals surface area contributed by atoms with Gasteiger partial charge in [0.05, 0.1) is 45.2 Å². The van der Waals surface area contributed by atoms with Crippen LogP contribution in [0.15, 0.2) is 47.7 Å². The number of allylic oxidation sites excluding steroid dienone is 1. The van der Waals surface area contributed by atoms with Crippen LogP contribution in [-0.4, -0.2) is 147 Å². The van der Waals surface area contributed by atoms with Crippen LogP contribution < -0.4 is 0 Å². The Morgan fingerprint density at radius 3 is 2.15 bits per heavy atom. The van der Waals surface area contributed by atoms with Crippen LogP contribution >= 0.6 is 0 Å². The van der Waals surface area contributed by atoms with E-state index in [0.29, 0.717) is 6.42 Å². The SMILES string of the molecule is CC=C1C(OC2OC(CO)C(O)C(O)C2O)OC=C(C(=O)OC)C1CC(=O)OC1C(CO)OC(OCCc2ccc(O)cc2)C(O)C1O. The smallest absolute Gasteiger partial charge is 0.337 e. The lowest BCUT2D eigenvalue weighted by Gasteiger charge is -2.42. The minimum atomic E-state index is -1.77. The molecule has 2 fully saturated rings. The summed E-state index contributed by atoms with van der Waals surface area (Å²) in [4.78, 5) is 26.0. The first-order valence-corrected chi connectivity index (χ1v) is 15.2. The van der Waals surface area contributed by atoms with E-state index >= 15 is 0 Å². The molecule has 3 aliphatic heterocycles. The molecule has 0 bridgehead atoms. The molecule has 8 N–H and O–H groups in total. The van der Waals surface area contributed by atoms with Crippen molar-refractivity contribution >= 4 is 11.9 Å². The van der Waals surface area contributed by atoms with Crippen molar-refractivity contribution < 1.29 is 83.6 Å². The van der Waals surface area contributed by atoms with Crippen molar-refractivity contribution in [3.63, 3.8) is 0 Å². The van der Waals surface area contributed by atoms with Gasteiger partial charge in [0.2, 0.25) is 6.29 Å². The zero-order valence-corrected chi connectivity index (χ0v) is 26.2. The number of phenols is 1. The van der Waals surface area contributed by atoms with Crippen molar-refractivity contribution in [1.29, 1.82) is 0 Å². The largest absolute Gasteiger partial charge is 0.508 e. The van der Waals surface area contributed by atoms with Crippen molar-refractivity contribution in [2.45, 2.75) is 87.5 Å². The molecule has 17 heteroatoms. The quantitative estimate of drug-likeness (QED) is 0.0834. The number of rotatable bonds is 12. The predicted molar refractivity (Wildman–Crippen MR) is 157 cm³/mol. The molecule has 0 aromatic heterocycles. The minimum Gasteiger partial charge on any atom is -0.508 e. The Kier molecular flexibility index (Phi) is 13.3. The highest BCUT2D eigenvalue weighted by atomic mass is 16.8. The van der Waals surface area contributed by atoms with Crippen molar-refractivity contribution in [3.8, 4) is 5.75 Å². The Morgan fingerprint density at radius 1 is 0.875 bits per heavy atom. The monoisotopic (exact) mass is 686 g/mol. The van der Waals surface area contributed by atoms with Gasteiger partial charge in [-0.1, -0.05) is 18.2 Å². The summed E-state index contributed by atoms with van der Waals surface area (Å²) >= 11 is 0. The lowest BCUT2D eigenvalue weighted by atomic mass is 9.86. The van der Waals surface area contributed by atoms with Crippen molar-refractivity contribution in [2.75, 3.05) is 26.9 Å². The van der Waals surface area contributed by atoms with Gasteiger partial charge in [-0.3, -0.25) is 4.79 Å². The molecule has 12 atom stereocenters. The number of benzene rings is 1. The molecule has 0 aliphatic carbocycles. The standard InChI is InChI=1S/C31H42O17/c1-3-16-17(18(28(41)42-2)13-44-29(16)48-31-25(39)23(37)22(36)19(11-32)45-31)10-21(35)47-27-20(12-33)46-30(26(40)24(27)38)43-9-8-14-4-6-15(34)7-5-14/h3-7,13,17,19-20,22-27,29-34,36-40H,8-12H2,1-2H3. The van der Waals surface area contributed by atoms with Gasteiger partial charge in [0.15, 0.2) is 18.7 Å². The summed E-state index contributed by atoms with van der Waals surface area (Å²) in [6.45, 7) is 0.159. The van der Waals surface area contributed by atoms with Gasteiger partial charge >= 0.3 is 11.9 Å². The van der Waals surface area contributed by atoms with E-state index in [1.54, 1.807) is 19.1 Å². The van der Waals surface area contributed by atoms with Gasteiger partial charge in [0, 0.05) is 11.5 Å². The zero-order chi connectivity index (χ0) is 35.1. The molecule has 2 saturated heterocycles. The summed E-state index contributed by atoms with van der Waals surface area (Å²) < 4.78 is 38.2. The number of aliphatic hydroxyl groups excluding tert-OH is 7. The number of aromatic hydroxyl groups is 1. The van der Waals surface area contributed by atoms with E-state index < -0.39 is 105 Å². The third-order valence-corrected chi connectivity index (χ3v) is 8.30. The summed E-state index contributed by atoms with van der Waals surface area (Å²) in [5.74, 6) is -2.88. The first-order valence-electron chi connectivity index (χ1n) is 15.2. The summed E-state index contributed by atoms with van der Waals surface area (Å²) in [6, 6.07) is 6.37. The number of aliphatic hydroxyl groups is 7. The highest BCUT2D eigenvalue weighted by Crippen LogP contribution is 2.37. The van der Waals surface area contributed by atoms with Crippen molar-refractivity contribution in [3.05, 3.63) is 53.3 Å². The second-order valence-corrected chi connectivity index (χ2v) is 11.4. The Morgan fingerprint density at radius 2 is 1.52 bits per heavy atom. The van der Waals surface area contributed by atoms with E-state index in [4.69, 9.17) is 33.2 Å². The number of carbonyl (C=O) groups excluding carboxylic acids is 2. The van der Waals surface area contributed by atoms with Crippen molar-refractivity contribution in [1.82, 2.24) is 0 Å². The van der Waals surface area contributed by atoms with Crippen LogP contribution in [0, 0.1) is 5.92 Å². The fourth-order valence-electron chi connectivity index (χ4n) is 5.58. The first-order chi connectivity index (χ1) is 22.9. The molecule has 0 spiro atoms. The molecule has 0 radical (unpaired) electrons. The highest BCUT2D eigenvalue weighted by molar-refractivity contribution is 5.90. The van der Waals surface area contributed by atoms with Gasteiger partial charge in [0.25, 0.3) is 0 Å². The van der Waals surface area contributed by atoms with Crippen molar-refractivity contribution in [2.24, 2.45) is 5.92 Å². The van der Waals surface area contributed by atoms with Crippen LogP contribution in [0.2, 0.25) is 0 Å². The number of carbonyl (C=O) groups is 2. The first kappa shape index (κ1) is 37.6. The normalized spacial score (nSPS) is 36.2. The van der Waals surface area contributed by atoms with Crippen LogP contribution in [0.4, 0.5) is 0 Å². The third-order valence-electron chi connectivity index (χ3n) is 8.30. The highest BCUT2D eigenvalue weighted by Gasteiger charge is 2.49. The average Bonchev–Trinajstić information content (AvgIpc) is 3.08. The molecule has 268 valence electrons. The number of hydrogen-bond donors (Lipinski definition) is 8. The summed E-state index contributed by atoms with van der Waals surface area (Å²) in [5, 5.41) is 81.1. The maximum absolute atomic E-state index is 13.3. The second-order valence-electron chi connectivity index (χ2n) is 11.4. The molecule has 3 heterocycles. The van der Waals surface area contributed by atoms with E-state index in [1.807, 2.05) is 0 Å². The maximum Gasteiger partial charge on any atom is 0.337 e. The molecule has 12 unspecified atom stereocenters. The topological polar surface area (TPSA) is 261 Å². The van der Waals surface area contributed by atoms with Gasteiger partial charge < -0.3 is 74.0 Å². The Balaban J connectivity index is 1.43. The van der Waals surface area contributed by atoms with E-state index in [-0.39, 0.29) is 23.5 Å². The summed E-state index contributed by atoms with van der Waals surface area (Å²) in [5.41, 5.74) is 0.851. The van der Waals surface area contributed by atoms with Crippen LogP contribution in [0.5, 0.6) is 5.75 Å². The van der Waals surface area contributed by atoms with Gasteiger partial charge in [-0.05, 0) is 31.0 Å². The van der Waals surface area contributed by atoms with E-state index in [9.17, 15) is 50.4 Å². The molecule has 0 amide bonds. The van der Waals surface area contributed by atoms with Gasteiger partial charge in [-0.2, -0.15) is 0 Å². The number of phenolic OH excluding ortho intramolecular Hbond substituents is 1. The average molecular weight is 687 g/mol. The number of methoxy groups -OCH3 is 1. The predicted octanol–water partition coefficient (Wildman–Crippen LogP) is -2.52. The van der Waals surface area contributed by atoms with Gasteiger partial charge in [0.1, 0.15) is 48.5 Å². The lowest BCUT2D eigenvalue weighted by molar-refractivity contribution is -0.327. The van der Waals surface area contributed by atoms with E-state index in [0.717, 1.165) is 18.9 Å². The molecule has 17 nitrogen and oxygen atoms in total.